The molecule has 1 heterocycles. The van der Waals surface area contributed by atoms with Crippen LogP contribution in [0.2, 0.25) is 0 Å². The monoisotopic (exact) mass is 383 g/mol. The highest BCUT2D eigenvalue weighted by Crippen LogP contribution is 2.30. The number of ether oxygens (including phenoxy) is 1. The highest BCUT2D eigenvalue weighted by molar-refractivity contribution is 14.1. The van der Waals surface area contributed by atoms with E-state index in [1.165, 1.54) is 12.1 Å². The van der Waals surface area contributed by atoms with E-state index in [-0.39, 0.29) is 0 Å². The summed E-state index contributed by atoms with van der Waals surface area (Å²) in [6, 6.07) is 11.3. The lowest BCUT2D eigenvalue weighted by Gasteiger charge is -2.09. The number of nitrogens with zero attached hydrogens (tertiary/aromatic N) is 1. The van der Waals surface area contributed by atoms with Crippen molar-refractivity contribution in [1.82, 2.24) is 4.98 Å². The fraction of sp³-hybridized carbons (Fsp3) is 0. The first-order valence-corrected chi connectivity index (χ1v) is 6.88. The van der Waals surface area contributed by atoms with Gasteiger partial charge in [0.05, 0.1) is 5.52 Å². The molecule has 0 atom stereocenters. The molecule has 2 aromatic carbocycles. The van der Waals surface area contributed by atoms with Gasteiger partial charge in [-0.3, -0.25) is 4.98 Å². The van der Waals surface area contributed by atoms with E-state index in [2.05, 4.69) is 4.98 Å². The Balaban J connectivity index is 2.01. The minimum absolute atomic E-state index is 0.343. The number of fused-ring (bicyclic) bond motifs is 1. The summed E-state index contributed by atoms with van der Waals surface area (Å²) in [5, 5.41) is 0.934. The fourth-order valence-electron chi connectivity index (χ4n) is 1.85. The average molecular weight is 383 g/mol. The van der Waals surface area contributed by atoms with Crippen LogP contribution in [0, 0.1) is 15.2 Å². The van der Waals surface area contributed by atoms with Gasteiger partial charge in [0.15, 0.2) is 17.4 Å². The summed E-state index contributed by atoms with van der Waals surface area (Å²) in [7, 11) is 0. The number of hydrogen-bond donors (Lipinski definition) is 0. The summed E-state index contributed by atoms with van der Waals surface area (Å²) in [6.07, 6.45) is 1.65. The van der Waals surface area contributed by atoms with Gasteiger partial charge in [-0.05, 0) is 52.9 Å². The number of aromatic nitrogens is 1. The van der Waals surface area contributed by atoms with Crippen molar-refractivity contribution in [2.45, 2.75) is 0 Å². The van der Waals surface area contributed by atoms with Crippen molar-refractivity contribution in [1.29, 1.82) is 0 Å². The van der Waals surface area contributed by atoms with Crippen molar-refractivity contribution in [3.8, 4) is 11.5 Å². The molecule has 100 valence electrons. The third-order valence-corrected chi connectivity index (χ3v) is 3.38. The molecule has 0 saturated carbocycles. The molecule has 0 N–H and O–H groups in total. The SMILES string of the molecule is Fc1cc(I)cc(F)c1Oc1ccc2cccnc2c1. The summed E-state index contributed by atoms with van der Waals surface area (Å²) in [6.45, 7) is 0. The number of halogens is 3. The van der Waals surface area contributed by atoms with E-state index in [0.29, 0.717) is 14.8 Å². The summed E-state index contributed by atoms with van der Waals surface area (Å²) in [5.74, 6) is -1.51. The van der Waals surface area contributed by atoms with Gasteiger partial charge in [-0.2, -0.15) is 0 Å². The third kappa shape index (κ3) is 2.58. The highest BCUT2D eigenvalue weighted by Gasteiger charge is 2.13. The molecule has 0 aliphatic heterocycles. The van der Waals surface area contributed by atoms with Crippen LogP contribution in [0.5, 0.6) is 11.5 Å². The minimum atomic E-state index is -0.726. The Hall–Kier alpha value is -1.76. The van der Waals surface area contributed by atoms with Gasteiger partial charge in [0, 0.05) is 21.2 Å². The van der Waals surface area contributed by atoms with Gasteiger partial charge in [-0.25, -0.2) is 8.78 Å². The molecule has 0 radical (unpaired) electrons. The second-order valence-corrected chi connectivity index (χ2v) is 5.40. The third-order valence-electron chi connectivity index (χ3n) is 2.76. The van der Waals surface area contributed by atoms with Gasteiger partial charge >= 0.3 is 0 Å². The molecule has 2 nitrogen and oxygen atoms in total. The molecular weight excluding hydrogens is 375 g/mol. The van der Waals surface area contributed by atoms with E-state index in [1.807, 2.05) is 34.7 Å². The van der Waals surface area contributed by atoms with Crippen molar-refractivity contribution in [3.05, 3.63) is 63.9 Å². The van der Waals surface area contributed by atoms with Gasteiger partial charge in [-0.15, -0.1) is 0 Å². The second kappa shape index (κ2) is 5.32. The van der Waals surface area contributed by atoms with Crippen LogP contribution in [0.4, 0.5) is 8.78 Å². The summed E-state index contributed by atoms with van der Waals surface area (Å²) in [5.41, 5.74) is 0.705. The van der Waals surface area contributed by atoms with E-state index < -0.39 is 17.4 Å². The van der Waals surface area contributed by atoms with Crippen molar-refractivity contribution in [2.75, 3.05) is 0 Å². The summed E-state index contributed by atoms with van der Waals surface area (Å²) >= 11 is 1.84. The molecular formula is C15H8F2INO. The largest absolute Gasteiger partial charge is 0.451 e. The first-order valence-electron chi connectivity index (χ1n) is 5.81. The number of rotatable bonds is 2. The Morgan fingerprint density at radius 2 is 1.75 bits per heavy atom. The molecule has 0 saturated heterocycles. The molecule has 3 rings (SSSR count). The van der Waals surface area contributed by atoms with Crippen LogP contribution in [0.3, 0.4) is 0 Å². The number of pyridine rings is 1. The molecule has 0 bridgehead atoms. The smallest absolute Gasteiger partial charge is 0.198 e. The molecule has 0 amide bonds. The minimum Gasteiger partial charge on any atom is -0.451 e. The summed E-state index contributed by atoms with van der Waals surface area (Å²) < 4.78 is 33.2. The topological polar surface area (TPSA) is 22.1 Å². The van der Waals surface area contributed by atoms with Gasteiger partial charge in [-0.1, -0.05) is 6.07 Å². The van der Waals surface area contributed by atoms with Gasteiger partial charge in [0.1, 0.15) is 5.75 Å². The lowest BCUT2D eigenvalue weighted by atomic mass is 10.2. The van der Waals surface area contributed by atoms with Gasteiger partial charge in [0.2, 0.25) is 0 Å². The van der Waals surface area contributed by atoms with Crippen LogP contribution < -0.4 is 4.74 Å². The lowest BCUT2D eigenvalue weighted by molar-refractivity contribution is 0.407. The van der Waals surface area contributed by atoms with E-state index in [1.54, 1.807) is 24.4 Å². The van der Waals surface area contributed by atoms with Crippen LogP contribution in [0.25, 0.3) is 10.9 Å². The quantitative estimate of drug-likeness (QED) is 0.587. The van der Waals surface area contributed by atoms with Crippen LogP contribution in [0.1, 0.15) is 0 Å². The van der Waals surface area contributed by atoms with Crippen molar-refractivity contribution < 1.29 is 13.5 Å². The molecule has 0 aliphatic rings. The zero-order valence-corrected chi connectivity index (χ0v) is 12.3. The van der Waals surface area contributed by atoms with Gasteiger partial charge < -0.3 is 4.74 Å². The normalized spacial score (nSPS) is 10.8. The van der Waals surface area contributed by atoms with E-state index in [4.69, 9.17) is 4.74 Å². The molecule has 5 heteroatoms. The predicted molar refractivity (Wildman–Crippen MR) is 80.9 cm³/mol. The molecule has 20 heavy (non-hydrogen) atoms. The molecule has 3 aromatic rings. The van der Waals surface area contributed by atoms with E-state index in [9.17, 15) is 8.78 Å². The molecule has 0 unspecified atom stereocenters. The zero-order chi connectivity index (χ0) is 14.1. The molecule has 0 spiro atoms. The zero-order valence-electron chi connectivity index (χ0n) is 10.1. The second-order valence-electron chi connectivity index (χ2n) is 4.16. The van der Waals surface area contributed by atoms with Crippen LogP contribution in [-0.2, 0) is 0 Å². The first-order chi connectivity index (χ1) is 9.63. The van der Waals surface area contributed by atoms with Crippen molar-refractivity contribution in [3.63, 3.8) is 0 Å². The Labute approximate surface area is 127 Å². The van der Waals surface area contributed by atoms with Crippen molar-refractivity contribution >= 4 is 33.5 Å². The maximum atomic E-state index is 13.7. The van der Waals surface area contributed by atoms with Gasteiger partial charge in [0.25, 0.3) is 0 Å². The Bertz CT molecular complexity index is 769. The summed E-state index contributed by atoms with van der Waals surface area (Å²) in [4.78, 5) is 4.17. The molecule has 0 aliphatic carbocycles. The lowest BCUT2D eigenvalue weighted by Crippen LogP contribution is -1.94. The highest BCUT2D eigenvalue weighted by atomic mass is 127. The Morgan fingerprint density at radius 3 is 2.50 bits per heavy atom. The Kier molecular flexibility index (Phi) is 3.52. The average Bonchev–Trinajstić information content (AvgIpc) is 2.42. The van der Waals surface area contributed by atoms with E-state index in [0.717, 1.165) is 5.39 Å². The van der Waals surface area contributed by atoms with Crippen LogP contribution in [0.15, 0.2) is 48.7 Å². The standard InChI is InChI=1S/C15H8F2INO/c16-12-6-10(18)7-13(17)15(12)20-11-4-3-9-2-1-5-19-14(9)8-11/h1-8H. The number of hydrogen-bond acceptors (Lipinski definition) is 2. The van der Waals surface area contributed by atoms with Crippen molar-refractivity contribution in [2.24, 2.45) is 0 Å². The number of benzene rings is 2. The predicted octanol–water partition coefficient (Wildman–Crippen LogP) is 4.91. The Morgan fingerprint density at radius 1 is 1.00 bits per heavy atom. The van der Waals surface area contributed by atoms with E-state index >= 15 is 0 Å². The maximum absolute atomic E-state index is 13.7. The molecule has 0 fully saturated rings. The maximum Gasteiger partial charge on any atom is 0.198 e. The first kappa shape index (κ1) is 13.2. The molecule has 1 aromatic heterocycles. The fourth-order valence-corrected chi connectivity index (χ4v) is 2.40. The van der Waals surface area contributed by atoms with Crippen LogP contribution >= 0.6 is 22.6 Å². The van der Waals surface area contributed by atoms with Crippen LogP contribution in [-0.4, -0.2) is 4.98 Å².